The Morgan fingerprint density at radius 3 is 2.58 bits per heavy atom. The first-order chi connectivity index (χ1) is 11.6. The topological polar surface area (TPSA) is 48.0 Å². The molecule has 5 nitrogen and oxygen atoms in total. The number of ether oxygens (including phenoxy) is 3. The Bertz CT molecular complexity index is 579. The van der Waals surface area contributed by atoms with Gasteiger partial charge in [-0.3, -0.25) is 9.69 Å². The summed E-state index contributed by atoms with van der Waals surface area (Å²) >= 11 is 0. The lowest BCUT2D eigenvalue weighted by Gasteiger charge is -2.42. The van der Waals surface area contributed by atoms with E-state index in [-0.39, 0.29) is 42.6 Å². The highest BCUT2D eigenvalue weighted by Gasteiger charge is 2.54. The summed E-state index contributed by atoms with van der Waals surface area (Å²) in [5.74, 6) is -0.857. The lowest BCUT2D eigenvalue weighted by Crippen LogP contribution is -2.52. The summed E-state index contributed by atoms with van der Waals surface area (Å²) in [4.78, 5) is 14.8. The number of piperidine rings is 1. The summed E-state index contributed by atoms with van der Waals surface area (Å²) in [6.07, 6.45) is 1.61. The molecule has 5 atom stereocenters. The molecule has 2 fully saturated rings. The number of fused-ring (bicyclic) bond motifs is 2. The second-order valence-electron chi connectivity index (χ2n) is 6.60. The Morgan fingerprint density at radius 1 is 1.25 bits per heavy atom. The molecule has 0 aliphatic carbocycles. The van der Waals surface area contributed by atoms with Gasteiger partial charge >= 0.3 is 5.97 Å². The summed E-state index contributed by atoms with van der Waals surface area (Å²) in [5, 5.41) is 0. The summed E-state index contributed by atoms with van der Waals surface area (Å²) in [6, 6.07) is 6.69. The zero-order valence-corrected chi connectivity index (χ0v) is 14.3. The molecule has 24 heavy (non-hydrogen) atoms. The van der Waals surface area contributed by atoms with Crippen molar-refractivity contribution in [3.05, 3.63) is 35.6 Å². The molecule has 1 aromatic rings. The van der Waals surface area contributed by atoms with Crippen LogP contribution in [0.15, 0.2) is 24.3 Å². The van der Waals surface area contributed by atoms with Gasteiger partial charge in [-0.2, -0.15) is 0 Å². The Balaban J connectivity index is 1.93. The van der Waals surface area contributed by atoms with E-state index in [0.717, 1.165) is 18.4 Å². The van der Waals surface area contributed by atoms with Crippen molar-refractivity contribution in [3.63, 3.8) is 0 Å². The summed E-state index contributed by atoms with van der Waals surface area (Å²) in [6.45, 7) is 0.205. The molecule has 132 valence electrons. The van der Waals surface area contributed by atoms with Crippen LogP contribution >= 0.6 is 0 Å². The van der Waals surface area contributed by atoms with Gasteiger partial charge in [0.1, 0.15) is 12.6 Å². The van der Waals surface area contributed by atoms with Crippen LogP contribution in [0.25, 0.3) is 0 Å². The number of benzene rings is 1. The van der Waals surface area contributed by atoms with E-state index in [2.05, 4.69) is 4.90 Å². The van der Waals surface area contributed by atoms with Gasteiger partial charge in [-0.25, -0.2) is 4.39 Å². The molecular weight excluding hydrogens is 313 g/mol. The van der Waals surface area contributed by atoms with Crippen molar-refractivity contribution < 1.29 is 23.4 Å². The van der Waals surface area contributed by atoms with Gasteiger partial charge in [0.05, 0.1) is 19.1 Å². The van der Waals surface area contributed by atoms with Gasteiger partial charge in [0.2, 0.25) is 0 Å². The van der Waals surface area contributed by atoms with Crippen LogP contribution in [-0.4, -0.2) is 57.1 Å². The third-order valence-electron chi connectivity index (χ3n) is 5.43. The number of nitrogens with zero attached hydrogens (tertiary/aromatic N) is 1. The van der Waals surface area contributed by atoms with Gasteiger partial charge in [-0.05, 0) is 37.6 Å². The molecule has 6 heteroatoms. The van der Waals surface area contributed by atoms with Crippen molar-refractivity contribution in [1.29, 1.82) is 0 Å². The summed E-state index contributed by atoms with van der Waals surface area (Å²) in [7, 11) is 5.03. The third kappa shape index (κ3) is 3.06. The average molecular weight is 337 g/mol. The first kappa shape index (κ1) is 17.3. The zero-order chi connectivity index (χ0) is 17.3. The number of hydrogen-bond acceptors (Lipinski definition) is 5. The maximum atomic E-state index is 13.3. The molecule has 2 aliphatic rings. The summed E-state index contributed by atoms with van der Waals surface area (Å²) < 4.78 is 29.2. The van der Waals surface area contributed by atoms with E-state index in [9.17, 15) is 9.18 Å². The molecule has 0 N–H and O–H groups in total. The molecule has 0 amide bonds. The monoisotopic (exact) mass is 337 g/mol. The SMILES string of the molecule is COCO[C@@H]1CC2C[C@@H](c3ccc(F)cc3)[C@H](C(=O)OC)C1N2C. The number of halogens is 1. The summed E-state index contributed by atoms with van der Waals surface area (Å²) in [5.41, 5.74) is 0.974. The molecule has 2 bridgehead atoms. The van der Waals surface area contributed by atoms with Crippen LogP contribution in [-0.2, 0) is 19.0 Å². The van der Waals surface area contributed by atoms with Gasteiger partial charge in [0.25, 0.3) is 0 Å². The lowest BCUT2D eigenvalue weighted by molar-refractivity contribution is -0.154. The van der Waals surface area contributed by atoms with Crippen LogP contribution in [0, 0.1) is 11.7 Å². The molecule has 2 heterocycles. The molecule has 0 saturated carbocycles. The minimum atomic E-state index is -0.342. The Morgan fingerprint density at radius 2 is 1.96 bits per heavy atom. The molecule has 2 unspecified atom stereocenters. The van der Waals surface area contributed by atoms with E-state index >= 15 is 0 Å². The smallest absolute Gasteiger partial charge is 0.310 e. The van der Waals surface area contributed by atoms with Gasteiger partial charge in [-0.15, -0.1) is 0 Å². The molecular formula is C18H24FNO4. The fourth-order valence-electron chi connectivity index (χ4n) is 4.32. The lowest BCUT2D eigenvalue weighted by atomic mass is 9.76. The third-order valence-corrected chi connectivity index (χ3v) is 5.43. The van der Waals surface area contributed by atoms with Gasteiger partial charge in [0.15, 0.2) is 0 Å². The highest BCUT2D eigenvalue weighted by atomic mass is 19.1. The number of carbonyl (C=O) groups is 1. The van der Waals surface area contributed by atoms with Crippen molar-refractivity contribution >= 4 is 5.97 Å². The number of esters is 1. The minimum absolute atomic E-state index is 0.000366. The molecule has 3 rings (SSSR count). The minimum Gasteiger partial charge on any atom is -0.469 e. The van der Waals surface area contributed by atoms with Crippen LogP contribution < -0.4 is 0 Å². The highest BCUT2D eigenvalue weighted by molar-refractivity contribution is 5.75. The van der Waals surface area contributed by atoms with Crippen LogP contribution in [0.5, 0.6) is 0 Å². The van der Waals surface area contributed by atoms with Crippen molar-refractivity contribution in [2.75, 3.05) is 28.1 Å². The number of rotatable bonds is 5. The molecule has 1 aromatic carbocycles. The van der Waals surface area contributed by atoms with Gasteiger partial charge in [0, 0.05) is 25.1 Å². The van der Waals surface area contributed by atoms with Crippen LogP contribution in [0.2, 0.25) is 0 Å². The second-order valence-corrected chi connectivity index (χ2v) is 6.60. The van der Waals surface area contributed by atoms with Crippen LogP contribution in [0.3, 0.4) is 0 Å². The largest absolute Gasteiger partial charge is 0.469 e. The molecule has 0 radical (unpaired) electrons. The predicted octanol–water partition coefficient (Wildman–Crippen LogP) is 2.16. The normalized spacial score (nSPS) is 32.8. The van der Waals surface area contributed by atoms with Gasteiger partial charge in [-0.1, -0.05) is 12.1 Å². The predicted molar refractivity (Wildman–Crippen MR) is 86.0 cm³/mol. The molecule has 0 aromatic heterocycles. The maximum absolute atomic E-state index is 13.3. The number of likely N-dealkylation sites (N-methyl/N-ethyl adjacent to an activating group) is 1. The molecule has 2 aliphatic heterocycles. The van der Waals surface area contributed by atoms with Crippen molar-refractivity contribution in [3.8, 4) is 0 Å². The first-order valence-corrected chi connectivity index (χ1v) is 8.22. The fraction of sp³-hybridized carbons (Fsp3) is 0.611. The second kappa shape index (κ2) is 7.17. The quantitative estimate of drug-likeness (QED) is 0.609. The number of methoxy groups -OCH3 is 2. The van der Waals surface area contributed by atoms with Crippen molar-refractivity contribution in [2.24, 2.45) is 5.92 Å². The molecule has 0 spiro atoms. The Kier molecular flexibility index (Phi) is 5.18. The molecule has 2 saturated heterocycles. The first-order valence-electron chi connectivity index (χ1n) is 8.22. The number of hydrogen-bond donors (Lipinski definition) is 0. The van der Waals surface area contributed by atoms with E-state index < -0.39 is 0 Å². The van der Waals surface area contributed by atoms with E-state index in [0.29, 0.717) is 6.04 Å². The Hall–Kier alpha value is -1.50. The number of carbonyl (C=O) groups excluding carboxylic acids is 1. The Labute approximate surface area is 141 Å². The highest BCUT2D eigenvalue weighted by Crippen LogP contribution is 2.47. The fourth-order valence-corrected chi connectivity index (χ4v) is 4.32. The van der Waals surface area contributed by atoms with Crippen LogP contribution in [0.4, 0.5) is 4.39 Å². The standard InChI is InChI=1S/C18H24FNO4/c1-20-13-8-14(11-4-6-12(19)7-5-11)16(18(21)23-3)17(20)15(9-13)24-10-22-2/h4-7,13-17H,8-10H2,1-3H3/t13?,14-,15+,16-,17?/m0/s1. The van der Waals surface area contributed by atoms with Crippen LogP contribution in [0.1, 0.15) is 24.3 Å². The van der Waals surface area contributed by atoms with E-state index in [1.54, 1.807) is 19.2 Å². The zero-order valence-electron chi connectivity index (χ0n) is 14.3. The van der Waals surface area contributed by atoms with E-state index in [4.69, 9.17) is 14.2 Å². The van der Waals surface area contributed by atoms with Gasteiger partial charge < -0.3 is 14.2 Å². The van der Waals surface area contributed by atoms with Crippen molar-refractivity contribution in [1.82, 2.24) is 4.90 Å². The van der Waals surface area contributed by atoms with E-state index in [1.165, 1.54) is 19.2 Å². The van der Waals surface area contributed by atoms with E-state index in [1.807, 2.05) is 7.05 Å². The average Bonchev–Trinajstić information content (AvgIpc) is 2.79. The maximum Gasteiger partial charge on any atom is 0.310 e. The van der Waals surface area contributed by atoms with Crippen molar-refractivity contribution in [2.45, 2.75) is 36.9 Å².